The molecule has 0 bridgehead atoms. The number of ether oxygens (including phenoxy) is 1. The predicted molar refractivity (Wildman–Crippen MR) is 62.1 cm³/mol. The van der Waals surface area contributed by atoms with Crippen LogP contribution in [0.2, 0.25) is 0 Å². The van der Waals surface area contributed by atoms with Gasteiger partial charge in [0.05, 0.1) is 18.6 Å². The van der Waals surface area contributed by atoms with Crippen molar-refractivity contribution in [2.75, 3.05) is 19.1 Å². The highest BCUT2D eigenvalue weighted by molar-refractivity contribution is 7.88. The molecule has 0 unspecified atom stereocenters. The first-order chi connectivity index (χ1) is 7.99. The van der Waals surface area contributed by atoms with Crippen molar-refractivity contribution >= 4 is 37.7 Å². The summed E-state index contributed by atoms with van der Waals surface area (Å²) in [5.41, 5.74) is 0. The third kappa shape index (κ3) is 4.69. The summed E-state index contributed by atoms with van der Waals surface area (Å²) in [7, 11) is -7.35. The van der Waals surface area contributed by atoms with Gasteiger partial charge in [-0.3, -0.25) is 8.98 Å². The van der Waals surface area contributed by atoms with Crippen molar-refractivity contribution in [1.29, 1.82) is 0 Å². The van der Waals surface area contributed by atoms with Gasteiger partial charge < -0.3 is 4.74 Å². The molecular weight excluding hydrogens is 310 g/mol. The molecule has 0 saturated carbocycles. The van der Waals surface area contributed by atoms with Crippen LogP contribution in [0.25, 0.3) is 0 Å². The molecule has 0 aromatic carbocycles. The van der Waals surface area contributed by atoms with Crippen LogP contribution in [0.3, 0.4) is 0 Å². The molecule has 0 spiro atoms. The summed E-state index contributed by atoms with van der Waals surface area (Å²) in [6.45, 7) is -0.499. The maximum atomic E-state index is 11.2. The third-order valence-corrected chi connectivity index (χ3v) is 3.72. The van der Waals surface area contributed by atoms with Gasteiger partial charge in [-0.25, -0.2) is 13.1 Å². The van der Waals surface area contributed by atoms with Gasteiger partial charge in [0.1, 0.15) is 12.7 Å². The lowest BCUT2D eigenvalue weighted by Gasteiger charge is -2.18. The smallest absolute Gasteiger partial charge is 0.326 e. The van der Waals surface area contributed by atoms with Crippen LogP contribution in [-0.2, 0) is 33.9 Å². The van der Waals surface area contributed by atoms with Crippen LogP contribution in [0.5, 0.6) is 0 Å². The molecule has 0 radical (unpaired) electrons. The van der Waals surface area contributed by atoms with Crippen molar-refractivity contribution in [2.24, 2.45) is 0 Å². The lowest BCUT2D eigenvalue weighted by atomic mass is 10.1. The molecule has 0 aromatic rings. The Morgan fingerprint density at radius 3 is 2.33 bits per heavy atom. The topological polar surface area (TPSA) is 116 Å². The van der Waals surface area contributed by atoms with E-state index < -0.39 is 50.2 Å². The van der Waals surface area contributed by atoms with E-state index in [2.05, 4.69) is 8.91 Å². The number of nitrogens with one attached hydrogen (secondary N) is 1. The minimum absolute atomic E-state index is 0.499. The number of halogens is 1. The maximum absolute atomic E-state index is 11.2. The Balaban J connectivity index is 2.79. The van der Waals surface area contributed by atoms with Gasteiger partial charge in [0.25, 0.3) is 10.1 Å². The van der Waals surface area contributed by atoms with Gasteiger partial charge in [-0.15, -0.1) is 11.6 Å². The second-order valence-electron chi connectivity index (χ2n) is 3.78. The van der Waals surface area contributed by atoms with Crippen molar-refractivity contribution in [3.63, 3.8) is 0 Å². The zero-order valence-corrected chi connectivity index (χ0v) is 11.9. The van der Waals surface area contributed by atoms with Crippen molar-refractivity contribution in [2.45, 2.75) is 17.5 Å². The molecule has 0 aliphatic carbocycles. The molecule has 106 valence electrons. The number of carbonyl (C=O) groups excluding carboxylic acids is 1. The summed E-state index contributed by atoms with van der Waals surface area (Å²) >= 11 is 5.67. The van der Waals surface area contributed by atoms with Gasteiger partial charge in [0.15, 0.2) is 5.38 Å². The van der Waals surface area contributed by atoms with Gasteiger partial charge in [-0.1, -0.05) is 0 Å². The van der Waals surface area contributed by atoms with E-state index in [1.165, 1.54) is 0 Å². The highest BCUT2D eigenvalue weighted by Gasteiger charge is 2.45. The number of rotatable bonds is 5. The molecule has 18 heavy (non-hydrogen) atoms. The van der Waals surface area contributed by atoms with Crippen molar-refractivity contribution in [3.8, 4) is 0 Å². The second kappa shape index (κ2) is 5.29. The molecule has 1 saturated heterocycles. The quantitative estimate of drug-likeness (QED) is 0.369. The predicted octanol–water partition coefficient (Wildman–Crippen LogP) is -1.59. The van der Waals surface area contributed by atoms with Crippen LogP contribution < -0.4 is 4.72 Å². The summed E-state index contributed by atoms with van der Waals surface area (Å²) in [4.78, 5) is 11.2. The lowest BCUT2D eigenvalue weighted by molar-refractivity contribution is -0.142. The molecule has 1 aliphatic heterocycles. The number of esters is 1. The van der Waals surface area contributed by atoms with Crippen molar-refractivity contribution in [3.05, 3.63) is 0 Å². The number of hydrogen-bond acceptors (Lipinski definition) is 7. The fourth-order valence-electron chi connectivity index (χ4n) is 1.33. The Kier molecular flexibility index (Phi) is 4.60. The first-order valence-corrected chi connectivity index (χ1v) is 8.80. The molecule has 1 heterocycles. The van der Waals surface area contributed by atoms with Gasteiger partial charge in [0, 0.05) is 0 Å². The van der Waals surface area contributed by atoms with Crippen LogP contribution in [0.4, 0.5) is 0 Å². The van der Waals surface area contributed by atoms with Gasteiger partial charge >= 0.3 is 5.97 Å². The molecule has 8 nitrogen and oxygen atoms in total. The lowest BCUT2D eigenvalue weighted by Crippen LogP contribution is -2.46. The summed E-state index contributed by atoms with van der Waals surface area (Å²) < 4.78 is 55.1. The Labute approximate surface area is 110 Å². The molecule has 1 fully saturated rings. The second-order valence-corrected chi connectivity index (χ2v) is 7.68. The molecule has 1 N–H and O–H groups in total. The first-order valence-electron chi connectivity index (χ1n) is 4.66. The number of cyclic esters (lactones) is 1. The Hall–Kier alpha value is -0.420. The first kappa shape index (κ1) is 15.6. The fraction of sp³-hybridized carbons (Fsp3) is 0.857. The highest BCUT2D eigenvalue weighted by atomic mass is 35.5. The standard InChI is InChI=1S/C7H12ClNO7S2/c1-17(11,12)9-6-4(3-15-18(2,13)14)16-7(10)5(6)8/h4-6,9H,3H2,1-2H3/t4-,5-,6+/m1/s1. The highest BCUT2D eigenvalue weighted by Crippen LogP contribution is 2.22. The van der Waals surface area contributed by atoms with E-state index in [1.807, 2.05) is 0 Å². The normalized spacial score (nSPS) is 29.3. The number of sulfonamides is 1. The molecule has 1 rings (SSSR count). The van der Waals surface area contributed by atoms with Crippen LogP contribution in [0.15, 0.2) is 0 Å². The van der Waals surface area contributed by atoms with Crippen LogP contribution >= 0.6 is 11.6 Å². The largest absolute Gasteiger partial charge is 0.457 e. The molecule has 3 atom stereocenters. The SMILES string of the molecule is CS(=O)(=O)N[C@H]1[C@@H](COS(C)(=O)=O)OC(=O)[C@@H]1Cl. The summed E-state index contributed by atoms with van der Waals surface area (Å²) in [5.74, 6) is -0.833. The fourth-order valence-corrected chi connectivity index (χ4v) is 2.85. The van der Waals surface area contributed by atoms with Crippen molar-refractivity contribution < 1.29 is 30.6 Å². The Morgan fingerprint density at radius 1 is 1.33 bits per heavy atom. The van der Waals surface area contributed by atoms with Crippen LogP contribution in [-0.4, -0.2) is 59.4 Å². The number of alkyl halides is 1. The summed E-state index contributed by atoms with van der Waals surface area (Å²) in [6, 6.07) is -1.07. The molecule has 0 aromatic heterocycles. The molecular formula is C7H12ClNO7S2. The van der Waals surface area contributed by atoms with Gasteiger partial charge in [0.2, 0.25) is 10.0 Å². The van der Waals surface area contributed by atoms with Gasteiger partial charge in [-0.2, -0.15) is 8.42 Å². The molecule has 0 amide bonds. The molecule has 11 heteroatoms. The Morgan fingerprint density at radius 2 is 1.89 bits per heavy atom. The van der Waals surface area contributed by atoms with Crippen LogP contribution in [0.1, 0.15) is 0 Å². The number of carbonyl (C=O) groups is 1. The minimum Gasteiger partial charge on any atom is -0.457 e. The van der Waals surface area contributed by atoms with Crippen molar-refractivity contribution in [1.82, 2.24) is 4.72 Å². The van der Waals surface area contributed by atoms with E-state index >= 15 is 0 Å². The maximum Gasteiger partial charge on any atom is 0.326 e. The summed E-state index contributed by atoms with van der Waals surface area (Å²) in [6.07, 6.45) is 0.610. The van der Waals surface area contributed by atoms with Crippen LogP contribution in [0, 0.1) is 0 Å². The van der Waals surface area contributed by atoms with Gasteiger partial charge in [-0.05, 0) is 0 Å². The van der Waals surface area contributed by atoms with E-state index in [4.69, 9.17) is 16.3 Å². The van der Waals surface area contributed by atoms with E-state index in [1.54, 1.807) is 0 Å². The number of hydrogen-bond donors (Lipinski definition) is 1. The van der Waals surface area contributed by atoms with E-state index in [0.29, 0.717) is 0 Å². The monoisotopic (exact) mass is 321 g/mol. The Bertz CT molecular complexity index is 528. The average Bonchev–Trinajstić information content (AvgIpc) is 2.39. The average molecular weight is 322 g/mol. The zero-order valence-electron chi connectivity index (χ0n) is 9.49. The van der Waals surface area contributed by atoms with E-state index in [9.17, 15) is 21.6 Å². The van der Waals surface area contributed by atoms with E-state index in [0.717, 1.165) is 12.5 Å². The molecule has 1 aliphatic rings. The summed E-state index contributed by atoms with van der Waals surface area (Å²) in [5, 5.41) is -1.23. The third-order valence-electron chi connectivity index (χ3n) is 2.01. The zero-order chi connectivity index (χ0) is 14.1. The minimum atomic E-state index is -3.73. The van der Waals surface area contributed by atoms with E-state index in [-0.39, 0.29) is 0 Å².